The number of carbonyl (C=O) groups excluding carboxylic acids is 1. The van der Waals surface area contributed by atoms with Crippen molar-refractivity contribution >= 4 is 16.3 Å². The van der Waals surface area contributed by atoms with Gasteiger partial charge in [0.15, 0.2) is 11.5 Å². The Bertz CT molecular complexity index is 676. The number of hydrogen-bond donors (Lipinski definition) is 2. The van der Waals surface area contributed by atoms with Gasteiger partial charge in [0, 0.05) is 13.0 Å². The maximum atomic E-state index is 11.9. The molecule has 9 heteroatoms. The maximum absolute atomic E-state index is 11.9. The van der Waals surface area contributed by atoms with Crippen molar-refractivity contribution in [1.29, 1.82) is 0 Å². The highest BCUT2D eigenvalue weighted by atomic mass is 32.3. The fourth-order valence-corrected chi connectivity index (χ4v) is 2.61. The van der Waals surface area contributed by atoms with Gasteiger partial charge in [0.2, 0.25) is 12.7 Å². The molecular weight excluding hydrogens is 374 g/mol. The first-order valence-corrected chi connectivity index (χ1v) is 10.4. The van der Waals surface area contributed by atoms with Crippen LogP contribution in [-0.4, -0.2) is 32.8 Å². The van der Waals surface area contributed by atoms with Crippen LogP contribution in [0.5, 0.6) is 11.5 Å². The normalized spacial score (nSPS) is 11.2. The van der Waals surface area contributed by atoms with Crippen LogP contribution in [0.2, 0.25) is 0 Å². The van der Waals surface area contributed by atoms with Crippen LogP contribution in [0, 0.1) is 0 Å². The van der Waals surface area contributed by atoms with Crippen LogP contribution in [0.4, 0.5) is 0 Å². The third-order valence-electron chi connectivity index (χ3n) is 3.89. The first kappa shape index (κ1) is 23.2. The molecule has 1 amide bonds. The molecule has 8 nitrogen and oxygen atoms in total. The standard InChI is InChI=1S/C18H29NO7S/c1-3-4-5-6-7-8-9-18(20)19-13-15-10-11-16(17(12-15)24-2)25-14-26-27(21,22)23/h10-12H,3-9,13-14H2,1-2H3,(H,19,20)(H,21,22,23). The van der Waals surface area contributed by atoms with E-state index in [0.717, 1.165) is 18.4 Å². The largest absolute Gasteiger partial charge is 0.493 e. The number of rotatable bonds is 14. The molecule has 0 heterocycles. The van der Waals surface area contributed by atoms with E-state index in [1.807, 2.05) is 0 Å². The van der Waals surface area contributed by atoms with Gasteiger partial charge < -0.3 is 14.8 Å². The molecule has 1 aromatic rings. The van der Waals surface area contributed by atoms with Crippen LogP contribution in [0.15, 0.2) is 18.2 Å². The van der Waals surface area contributed by atoms with E-state index in [0.29, 0.717) is 18.7 Å². The minimum atomic E-state index is -4.57. The molecule has 0 bridgehead atoms. The Morgan fingerprint density at radius 2 is 1.81 bits per heavy atom. The lowest BCUT2D eigenvalue weighted by Crippen LogP contribution is -2.22. The molecule has 0 unspecified atom stereocenters. The second kappa shape index (κ2) is 12.5. The first-order valence-electron chi connectivity index (χ1n) is 9.04. The van der Waals surface area contributed by atoms with E-state index < -0.39 is 17.2 Å². The number of benzene rings is 1. The van der Waals surface area contributed by atoms with E-state index in [4.69, 9.17) is 14.0 Å². The van der Waals surface area contributed by atoms with Crippen molar-refractivity contribution in [3.63, 3.8) is 0 Å². The second-order valence-electron chi connectivity index (χ2n) is 6.09. The summed E-state index contributed by atoms with van der Waals surface area (Å²) >= 11 is 0. The molecule has 27 heavy (non-hydrogen) atoms. The number of ether oxygens (including phenoxy) is 2. The van der Waals surface area contributed by atoms with Gasteiger partial charge in [-0.05, 0) is 24.1 Å². The highest BCUT2D eigenvalue weighted by Crippen LogP contribution is 2.28. The molecule has 0 atom stereocenters. The van der Waals surface area contributed by atoms with Gasteiger partial charge in [0.05, 0.1) is 7.11 Å². The lowest BCUT2D eigenvalue weighted by molar-refractivity contribution is -0.121. The molecule has 1 rings (SSSR count). The van der Waals surface area contributed by atoms with Gasteiger partial charge in [-0.25, -0.2) is 4.18 Å². The minimum Gasteiger partial charge on any atom is -0.493 e. The summed E-state index contributed by atoms with van der Waals surface area (Å²) in [6.07, 6.45) is 7.31. The zero-order chi connectivity index (χ0) is 20.1. The molecule has 0 aromatic heterocycles. The fraction of sp³-hybridized carbons (Fsp3) is 0.611. The van der Waals surface area contributed by atoms with Crippen molar-refractivity contribution in [3.8, 4) is 11.5 Å². The summed E-state index contributed by atoms with van der Waals surface area (Å²) in [5.74, 6) is 0.617. The molecule has 1 aromatic carbocycles. The maximum Gasteiger partial charge on any atom is 0.400 e. The summed E-state index contributed by atoms with van der Waals surface area (Å²) in [6.45, 7) is 1.85. The number of nitrogens with one attached hydrogen (secondary N) is 1. The summed E-state index contributed by atoms with van der Waals surface area (Å²) in [6, 6.07) is 4.96. The molecule has 0 spiro atoms. The number of hydrogen-bond acceptors (Lipinski definition) is 6. The average Bonchev–Trinajstić information content (AvgIpc) is 2.62. The van der Waals surface area contributed by atoms with Crippen molar-refractivity contribution in [3.05, 3.63) is 23.8 Å². The Morgan fingerprint density at radius 1 is 1.11 bits per heavy atom. The quantitative estimate of drug-likeness (QED) is 0.279. The number of unbranched alkanes of at least 4 members (excludes halogenated alkanes) is 5. The lowest BCUT2D eigenvalue weighted by Gasteiger charge is -2.12. The van der Waals surface area contributed by atoms with Crippen molar-refractivity contribution in [1.82, 2.24) is 5.32 Å². The smallest absolute Gasteiger partial charge is 0.400 e. The van der Waals surface area contributed by atoms with Gasteiger partial charge in [-0.2, -0.15) is 8.42 Å². The summed E-state index contributed by atoms with van der Waals surface area (Å²) in [7, 11) is -3.13. The van der Waals surface area contributed by atoms with Crippen LogP contribution in [0.1, 0.15) is 57.4 Å². The topological polar surface area (TPSA) is 111 Å². The van der Waals surface area contributed by atoms with Crippen molar-refractivity contribution < 1.29 is 31.4 Å². The Labute approximate surface area is 161 Å². The van der Waals surface area contributed by atoms with E-state index in [9.17, 15) is 13.2 Å². The van der Waals surface area contributed by atoms with E-state index in [1.54, 1.807) is 18.2 Å². The van der Waals surface area contributed by atoms with Gasteiger partial charge in [0.1, 0.15) is 0 Å². The van der Waals surface area contributed by atoms with E-state index in [1.165, 1.54) is 32.8 Å². The Hall–Kier alpha value is -1.84. The van der Waals surface area contributed by atoms with Crippen LogP contribution in [-0.2, 0) is 25.9 Å². The average molecular weight is 403 g/mol. The zero-order valence-corrected chi connectivity index (χ0v) is 16.7. The molecule has 0 saturated heterocycles. The first-order chi connectivity index (χ1) is 12.9. The van der Waals surface area contributed by atoms with E-state index in [2.05, 4.69) is 16.4 Å². The molecule has 0 saturated carbocycles. The Kier molecular flexibility index (Phi) is 10.8. The highest BCUT2D eigenvalue weighted by Gasteiger charge is 2.10. The molecule has 0 aliphatic rings. The predicted molar refractivity (Wildman–Crippen MR) is 101 cm³/mol. The molecule has 0 aliphatic carbocycles. The van der Waals surface area contributed by atoms with Gasteiger partial charge in [0.25, 0.3) is 0 Å². The highest BCUT2D eigenvalue weighted by molar-refractivity contribution is 7.80. The lowest BCUT2D eigenvalue weighted by atomic mass is 10.1. The number of carbonyl (C=O) groups is 1. The van der Waals surface area contributed by atoms with Gasteiger partial charge in [-0.3, -0.25) is 9.35 Å². The SMILES string of the molecule is CCCCCCCCC(=O)NCc1ccc(OCOS(=O)(=O)O)c(OC)c1. The van der Waals surface area contributed by atoms with Gasteiger partial charge in [-0.15, -0.1) is 0 Å². The van der Waals surface area contributed by atoms with Crippen molar-refractivity contribution in [2.45, 2.75) is 58.4 Å². The molecule has 154 valence electrons. The Balaban J connectivity index is 2.39. The van der Waals surface area contributed by atoms with E-state index in [-0.39, 0.29) is 11.7 Å². The second-order valence-corrected chi connectivity index (χ2v) is 7.18. The molecule has 0 radical (unpaired) electrons. The number of methoxy groups -OCH3 is 1. The van der Waals surface area contributed by atoms with Crippen LogP contribution < -0.4 is 14.8 Å². The predicted octanol–water partition coefficient (Wildman–Crippen LogP) is 3.22. The molecule has 0 aliphatic heterocycles. The summed E-state index contributed by atoms with van der Waals surface area (Å²) in [4.78, 5) is 11.9. The summed E-state index contributed by atoms with van der Waals surface area (Å²) in [5, 5.41) is 2.86. The third-order valence-corrected chi connectivity index (χ3v) is 4.28. The summed E-state index contributed by atoms with van der Waals surface area (Å²) < 4.78 is 43.9. The zero-order valence-electron chi connectivity index (χ0n) is 15.9. The van der Waals surface area contributed by atoms with Gasteiger partial charge >= 0.3 is 10.4 Å². The monoisotopic (exact) mass is 403 g/mol. The summed E-state index contributed by atoms with van der Waals surface area (Å²) in [5.41, 5.74) is 0.811. The van der Waals surface area contributed by atoms with Crippen LogP contribution >= 0.6 is 0 Å². The van der Waals surface area contributed by atoms with Crippen molar-refractivity contribution in [2.75, 3.05) is 13.9 Å². The Morgan fingerprint density at radius 3 is 2.48 bits per heavy atom. The number of amides is 1. The fourth-order valence-electron chi connectivity index (χ4n) is 2.44. The third kappa shape index (κ3) is 10.8. The molecular formula is C18H29NO7S. The van der Waals surface area contributed by atoms with Gasteiger partial charge in [-0.1, -0.05) is 45.1 Å². The van der Waals surface area contributed by atoms with Crippen LogP contribution in [0.3, 0.4) is 0 Å². The van der Waals surface area contributed by atoms with Crippen LogP contribution in [0.25, 0.3) is 0 Å². The molecule has 2 N–H and O–H groups in total. The minimum absolute atomic E-state index is 0.00587. The van der Waals surface area contributed by atoms with Crippen molar-refractivity contribution in [2.24, 2.45) is 0 Å². The van der Waals surface area contributed by atoms with E-state index >= 15 is 0 Å². The molecule has 0 fully saturated rings.